The maximum Gasteiger partial charge on any atom is 0.276 e. The summed E-state index contributed by atoms with van der Waals surface area (Å²) in [6, 6.07) is 12.0. The van der Waals surface area contributed by atoms with E-state index >= 15 is 0 Å². The van der Waals surface area contributed by atoms with Crippen molar-refractivity contribution in [1.82, 2.24) is 34.2 Å². The summed E-state index contributed by atoms with van der Waals surface area (Å²) >= 11 is 0. The first-order valence-corrected chi connectivity index (χ1v) is 11.0. The van der Waals surface area contributed by atoms with Crippen LogP contribution in [-0.4, -0.2) is 46.0 Å². The van der Waals surface area contributed by atoms with Gasteiger partial charge in [-0.2, -0.15) is 15.3 Å². The minimum Gasteiger partial charge on any atom is -0.321 e. The Morgan fingerprint density at radius 3 is 2.37 bits per heavy atom. The van der Waals surface area contributed by atoms with Crippen molar-refractivity contribution < 1.29 is 9.59 Å². The SMILES string of the molecule is CCn1ncc(-c2ccnc3cc(C(=O)Nc4cccc(NC(=O)c5ccn(C)n5)c4)nn23)c1C. The Bertz CT molecular complexity index is 1560. The van der Waals surface area contributed by atoms with Gasteiger partial charge in [-0.1, -0.05) is 6.07 Å². The number of hydrogen-bond donors (Lipinski definition) is 2. The van der Waals surface area contributed by atoms with Crippen LogP contribution in [0, 0.1) is 6.92 Å². The van der Waals surface area contributed by atoms with Gasteiger partial charge in [0.05, 0.1) is 11.9 Å². The fourth-order valence-corrected chi connectivity index (χ4v) is 3.83. The predicted molar refractivity (Wildman–Crippen MR) is 130 cm³/mol. The summed E-state index contributed by atoms with van der Waals surface area (Å²) in [6.07, 6.45) is 5.17. The van der Waals surface area contributed by atoms with Gasteiger partial charge in [-0.3, -0.25) is 19.0 Å². The van der Waals surface area contributed by atoms with Crippen molar-refractivity contribution in [3.63, 3.8) is 0 Å². The summed E-state index contributed by atoms with van der Waals surface area (Å²) in [5, 5.41) is 18.6. The number of carbonyl (C=O) groups is 2. The molecule has 11 heteroatoms. The quantitative estimate of drug-likeness (QED) is 0.394. The van der Waals surface area contributed by atoms with Crippen LogP contribution >= 0.6 is 0 Å². The molecular weight excluding hydrogens is 446 g/mol. The predicted octanol–water partition coefficient (Wildman–Crippen LogP) is 3.16. The number of fused-ring (bicyclic) bond motifs is 1. The summed E-state index contributed by atoms with van der Waals surface area (Å²) in [5.74, 6) is -0.731. The third-order valence-corrected chi connectivity index (χ3v) is 5.59. The number of rotatable bonds is 6. The van der Waals surface area contributed by atoms with Crippen molar-refractivity contribution in [2.45, 2.75) is 20.4 Å². The standard InChI is InChI=1S/C24H23N9O2/c1-4-32-15(2)18(14-26-32)21-8-10-25-22-13-20(30-33(21)22)24(35)28-17-7-5-6-16(12-17)27-23(34)19-9-11-31(3)29-19/h5-14H,4H2,1-3H3,(H,27,34)(H,28,35). The van der Waals surface area contributed by atoms with E-state index in [0.29, 0.717) is 22.7 Å². The van der Waals surface area contributed by atoms with E-state index in [1.165, 1.54) is 0 Å². The molecule has 1 aromatic carbocycles. The van der Waals surface area contributed by atoms with E-state index in [9.17, 15) is 9.59 Å². The molecule has 11 nitrogen and oxygen atoms in total. The second-order valence-electron chi connectivity index (χ2n) is 7.95. The van der Waals surface area contributed by atoms with Crippen LogP contribution < -0.4 is 10.6 Å². The molecule has 2 N–H and O–H groups in total. The molecule has 0 spiro atoms. The average Bonchev–Trinajstić information content (AvgIpc) is 3.57. The van der Waals surface area contributed by atoms with Crippen LogP contribution in [0.1, 0.15) is 33.6 Å². The van der Waals surface area contributed by atoms with Gasteiger partial charge in [0.15, 0.2) is 17.0 Å². The molecule has 0 saturated heterocycles. The number of nitrogens with one attached hydrogen (secondary N) is 2. The third kappa shape index (κ3) is 4.26. The van der Waals surface area contributed by atoms with Crippen LogP contribution in [0.15, 0.2) is 61.1 Å². The molecule has 0 fully saturated rings. The van der Waals surface area contributed by atoms with E-state index in [2.05, 4.69) is 30.9 Å². The van der Waals surface area contributed by atoms with Crippen LogP contribution in [0.4, 0.5) is 11.4 Å². The van der Waals surface area contributed by atoms with Crippen molar-refractivity contribution in [3.8, 4) is 11.3 Å². The summed E-state index contributed by atoms with van der Waals surface area (Å²) in [5.41, 5.74) is 4.83. The molecule has 0 atom stereocenters. The highest BCUT2D eigenvalue weighted by atomic mass is 16.2. The smallest absolute Gasteiger partial charge is 0.276 e. The van der Waals surface area contributed by atoms with E-state index in [1.54, 1.807) is 71.2 Å². The largest absolute Gasteiger partial charge is 0.321 e. The lowest BCUT2D eigenvalue weighted by Gasteiger charge is -2.07. The average molecular weight is 470 g/mol. The van der Waals surface area contributed by atoms with E-state index in [1.807, 2.05) is 24.6 Å². The van der Waals surface area contributed by atoms with Gasteiger partial charge in [-0.15, -0.1) is 0 Å². The lowest BCUT2D eigenvalue weighted by atomic mass is 10.2. The molecule has 4 heterocycles. The molecule has 0 radical (unpaired) electrons. The number of amides is 2. The van der Waals surface area contributed by atoms with Crippen LogP contribution in [0.5, 0.6) is 0 Å². The van der Waals surface area contributed by atoms with Gasteiger partial charge in [0, 0.05) is 54.7 Å². The second kappa shape index (κ2) is 8.86. The molecule has 0 bridgehead atoms. The Morgan fingerprint density at radius 1 is 0.971 bits per heavy atom. The fourth-order valence-electron chi connectivity index (χ4n) is 3.83. The zero-order valence-corrected chi connectivity index (χ0v) is 19.4. The first-order chi connectivity index (χ1) is 16.9. The molecule has 0 aliphatic rings. The monoisotopic (exact) mass is 469 g/mol. The van der Waals surface area contributed by atoms with E-state index in [4.69, 9.17) is 0 Å². The number of benzene rings is 1. The molecule has 5 aromatic rings. The normalized spacial score (nSPS) is 11.1. The summed E-state index contributed by atoms with van der Waals surface area (Å²) in [6.45, 7) is 4.78. The summed E-state index contributed by atoms with van der Waals surface area (Å²) in [7, 11) is 1.74. The second-order valence-corrected chi connectivity index (χ2v) is 7.95. The lowest BCUT2D eigenvalue weighted by molar-refractivity contribution is 0.101. The molecule has 0 unspecified atom stereocenters. The van der Waals surface area contributed by atoms with E-state index in [-0.39, 0.29) is 11.6 Å². The Kier molecular flexibility index (Phi) is 5.57. The maximum atomic E-state index is 13.0. The van der Waals surface area contributed by atoms with Crippen molar-refractivity contribution in [1.29, 1.82) is 0 Å². The highest BCUT2D eigenvalue weighted by molar-refractivity contribution is 6.05. The highest BCUT2D eigenvalue weighted by Crippen LogP contribution is 2.24. The fraction of sp³-hybridized carbons (Fsp3) is 0.167. The molecule has 0 aliphatic heterocycles. The van der Waals surface area contributed by atoms with Crippen LogP contribution in [-0.2, 0) is 13.6 Å². The molecule has 2 amide bonds. The van der Waals surface area contributed by atoms with Crippen LogP contribution in [0.2, 0.25) is 0 Å². The van der Waals surface area contributed by atoms with E-state index in [0.717, 1.165) is 23.5 Å². The van der Waals surface area contributed by atoms with Gasteiger partial charge in [0.1, 0.15) is 0 Å². The lowest BCUT2D eigenvalue weighted by Crippen LogP contribution is -2.15. The first-order valence-electron chi connectivity index (χ1n) is 11.0. The number of aromatic nitrogens is 7. The van der Waals surface area contributed by atoms with Crippen molar-refractivity contribution in [2.75, 3.05) is 10.6 Å². The zero-order chi connectivity index (χ0) is 24.5. The first kappa shape index (κ1) is 22.0. The Balaban J connectivity index is 1.37. The van der Waals surface area contributed by atoms with Gasteiger partial charge >= 0.3 is 0 Å². The number of anilines is 2. The van der Waals surface area contributed by atoms with Crippen molar-refractivity contribution in [3.05, 3.63) is 78.1 Å². The molecule has 4 aromatic heterocycles. The third-order valence-electron chi connectivity index (χ3n) is 5.59. The van der Waals surface area contributed by atoms with Gasteiger partial charge in [-0.25, -0.2) is 9.50 Å². The maximum absolute atomic E-state index is 13.0. The minimum absolute atomic E-state index is 0.216. The highest BCUT2D eigenvalue weighted by Gasteiger charge is 2.17. The summed E-state index contributed by atoms with van der Waals surface area (Å²) < 4.78 is 5.10. The molecule has 176 valence electrons. The zero-order valence-electron chi connectivity index (χ0n) is 19.4. The number of aryl methyl sites for hydroxylation is 2. The molecular formula is C24H23N9O2. The Morgan fingerprint density at radius 2 is 1.71 bits per heavy atom. The van der Waals surface area contributed by atoms with Crippen molar-refractivity contribution >= 4 is 28.8 Å². The Hall–Kier alpha value is -4.80. The molecule has 35 heavy (non-hydrogen) atoms. The van der Waals surface area contributed by atoms with Crippen LogP contribution in [0.3, 0.4) is 0 Å². The van der Waals surface area contributed by atoms with Gasteiger partial charge < -0.3 is 10.6 Å². The van der Waals surface area contributed by atoms with Gasteiger partial charge in [0.25, 0.3) is 11.8 Å². The number of carbonyl (C=O) groups excluding carboxylic acids is 2. The van der Waals surface area contributed by atoms with Gasteiger partial charge in [-0.05, 0) is 44.2 Å². The Labute approximate surface area is 200 Å². The van der Waals surface area contributed by atoms with Crippen molar-refractivity contribution in [2.24, 2.45) is 7.05 Å². The summed E-state index contributed by atoms with van der Waals surface area (Å²) in [4.78, 5) is 29.7. The number of hydrogen-bond acceptors (Lipinski definition) is 6. The molecule has 5 rings (SSSR count). The minimum atomic E-state index is -0.393. The van der Waals surface area contributed by atoms with Gasteiger partial charge in [0.2, 0.25) is 0 Å². The van der Waals surface area contributed by atoms with Crippen LogP contribution in [0.25, 0.3) is 16.9 Å². The van der Waals surface area contributed by atoms with E-state index < -0.39 is 5.91 Å². The molecule has 0 aliphatic carbocycles. The molecule has 0 saturated carbocycles. The number of nitrogens with zero attached hydrogens (tertiary/aromatic N) is 7. The topological polar surface area (TPSA) is 124 Å².